The first-order valence-corrected chi connectivity index (χ1v) is 17.3. The van der Waals surface area contributed by atoms with E-state index in [1.54, 1.807) is 0 Å². The molecule has 1 aliphatic rings. The SMILES string of the molecule is CCCCC1(OC)c2cc(/C=C/c3ccc(Br)cc3)ccc2-c2ccc(/C=C/c3ccc(Br)cc3)cc2C1(CCCC)OC. The van der Waals surface area contributed by atoms with Crippen molar-refractivity contribution < 1.29 is 9.47 Å². The number of fused-ring (bicyclic) bond motifs is 3. The molecule has 0 aromatic heterocycles. The summed E-state index contributed by atoms with van der Waals surface area (Å²) in [4.78, 5) is 0. The maximum Gasteiger partial charge on any atom is 0.126 e. The van der Waals surface area contributed by atoms with E-state index in [1.165, 1.54) is 22.3 Å². The standard InChI is InChI=1S/C40H42Br2O2/c1-5-7-25-39(43-3)37-27-31(11-9-29-13-19-33(41)20-14-29)17-23-35(37)36-24-18-32(12-10-30-15-21-34(42)22-16-30)28-38(36)40(39,44-4)26-8-6-2/h9-24,27-28H,5-8,25-26H2,1-4H3/b11-9+,12-10+. The van der Waals surface area contributed by atoms with Crippen molar-refractivity contribution in [3.05, 3.63) is 127 Å². The number of methoxy groups -OCH3 is 2. The zero-order valence-corrected chi connectivity index (χ0v) is 29.4. The summed E-state index contributed by atoms with van der Waals surface area (Å²) in [5.41, 5.74) is 8.26. The average molecular weight is 715 g/mol. The zero-order chi connectivity index (χ0) is 31.2. The summed E-state index contributed by atoms with van der Waals surface area (Å²) >= 11 is 7.09. The molecule has 2 unspecified atom stereocenters. The van der Waals surface area contributed by atoms with Crippen molar-refractivity contribution >= 4 is 56.2 Å². The number of halogens is 2. The van der Waals surface area contributed by atoms with Gasteiger partial charge in [0.1, 0.15) is 11.2 Å². The van der Waals surface area contributed by atoms with Crippen LogP contribution in [0.5, 0.6) is 0 Å². The van der Waals surface area contributed by atoms with Crippen LogP contribution in [0.4, 0.5) is 0 Å². The molecule has 2 atom stereocenters. The van der Waals surface area contributed by atoms with Crippen molar-refractivity contribution in [2.45, 2.75) is 63.6 Å². The molecule has 0 bridgehead atoms. The first kappa shape index (κ1) is 32.6. The quantitative estimate of drug-likeness (QED) is 0.136. The molecule has 0 N–H and O–H groups in total. The Balaban J connectivity index is 1.69. The highest BCUT2D eigenvalue weighted by atomic mass is 79.9. The lowest BCUT2D eigenvalue weighted by Crippen LogP contribution is -2.54. The van der Waals surface area contributed by atoms with Crippen molar-refractivity contribution in [3.63, 3.8) is 0 Å². The molecule has 5 rings (SSSR count). The summed E-state index contributed by atoms with van der Waals surface area (Å²) in [6, 6.07) is 30.5. The summed E-state index contributed by atoms with van der Waals surface area (Å²) in [5, 5.41) is 0. The van der Waals surface area contributed by atoms with Crippen LogP contribution in [0.1, 0.15) is 85.8 Å². The molecule has 0 spiro atoms. The van der Waals surface area contributed by atoms with Gasteiger partial charge >= 0.3 is 0 Å². The molecule has 0 fully saturated rings. The van der Waals surface area contributed by atoms with E-state index in [-0.39, 0.29) is 0 Å². The molecule has 4 aromatic carbocycles. The molecule has 1 aliphatic carbocycles. The fraction of sp³-hybridized carbons (Fsp3) is 0.300. The van der Waals surface area contributed by atoms with Crippen LogP contribution < -0.4 is 0 Å². The van der Waals surface area contributed by atoms with Crippen molar-refractivity contribution in [2.75, 3.05) is 14.2 Å². The highest BCUT2D eigenvalue weighted by Crippen LogP contribution is 2.59. The Morgan fingerprint density at radius 3 is 1.20 bits per heavy atom. The van der Waals surface area contributed by atoms with Gasteiger partial charge in [0.05, 0.1) is 0 Å². The lowest BCUT2D eigenvalue weighted by Gasteiger charge is -2.54. The monoisotopic (exact) mass is 712 g/mol. The summed E-state index contributed by atoms with van der Waals surface area (Å²) in [5.74, 6) is 0. The summed E-state index contributed by atoms with van der Waals surface area (Å²) in [6.45, 7) is 4.51. The van der Waals surface area contributed by atoms with E-state index in [4.69, 9.17) is 9.47 Å². The Labute approximate surface area is 280 Å². The second-order valence-electron chi connectivity index (χ2n) is 11.6. The summed E-state index contributed by atoms with van der Waals surface area (Å²) in [6.07, 6.45) is 14.8. The van der Waals surface area contributed by atoms with Crippen molar-refractivity contribution in [1.82, 2.24) is 0 Å². The van der Waals surface area contributed by atoms with Gasteiger partial charge in [-0.2, -0.15) is 0 Å². The van der Waals surface area contributed by atoms with E-state index in [1.807, 2.05) is 14.2 Å². The van der Waals surface area contributed by atoms with Gasteiger partial charge in [0.2, 0.25) is 0 Å². The van der Waals surface area contributed by atoms with Gasteiger partial charge in [-0.05, 0) is 93.7 Å². The molecule has 0 saturated carbocycles. The number of benzene rings is 4. The van der Waals surface area contributed by atoms with Crippen molar-refractivity contribution in [1.29, 1.82) is 0 Å². The minimum absolute atomic E-state index is 0.634. The third-order valence-corrected chi connectivity index (χ3v) is 10.1. The second-order valence-corrected chi connectivity index (χ2v) is 13.5. The largest absolute Gasteiger partial charge is 0.370 e. The van der Waals surface area contributed by atoms with Crippen LogP contribution in [0, 0.1) is 0 Å². The smallest absolute Gasteiger partial charge is 0.126 e. The Hall–Kier alpha value is -2.76. The minimum Gasteiger partial charge on any atom is -0.370 e. The summed E-state index contributed by atoms with van der Waals surface area (Å²) in [7, 11) is 3.76. The molecular formula is C40H42Br2O2. The van der Waals surface area contributed by atoms with E-state index in [0.717, 1.165) is 69.7 Å². The van der Waals surface area contributed by atoms with Gasteiger partial charge in [-0.25, -0.2) is 0 Å². The molecule has 4 aromatic rings. The van der Waals surface area contributed by atoms with Crippen LogP contribution in [0.15, 0.2) is 93.9 Å². The highest BCUT2D eigenvalue weighted by Gasteiger charge is 2.58. The maximum absolute atomic E-state index is 6.80. The fourth-order valence-corrected chi connectivity index (χ4v) is 7.24. The molecule has 2 nitrogen and oxygen atoms in total. The molecule has 0 amide bonds. The van der Waals surface area contributed by atoms with Crippen LogP contribution in [-0.4, -0.2) is 14.2 Å². The molecular weight excluding hydrogens is 672 g/mol. The predicted molar refractivity (Wildman–Crippen MR) is 194 cm³/mol. The normalized spacial score (nSPS) is 19.4. The van der Waals surface area contributed by atoms with Gasteiger partial charge < -0.3 is 9.47 Å². The minimum atomic E-state index is -0.634. The van der Waals surface area contributed by atoms with E-state index in [0.29, 0.717) is 0 Å². The molecule has 0 radical (unpaired) electrons. The highest BCUT2D eigenvalue weighted by molar-refractivity contribution is 9.10. The van der Waals surface area contributed by atoms with E-state index >= 15 is 0 Å². The molecule has 228 valence electrons. The van der Waals surface area contributed by atoms with Gasteiger partial charge in [-0.3, -0.25) is 0 Å². The molecule has 4 heteroatoms. The van der Waals surface area contributed by atoms with Gasteiger partial charge in [0.25, 0.3) is 0 Å². The van der Waals surface area contributed by atoms with E-state index < -0.39 is 11.2 Å². The lowest BCUT2D eigenvalue weighted by atomic mass is 9.61. The predicted octanol–water partition coefficient (Wildman–Crippen LogP) is 12.3. The maximum atomic E-state index is 6.80. The zero-order valence-electron chi connectivity index (χ0n) is 26.2. The first-order chi connectivity index (χ1) is 21.4. The fourth-order valence-electron chi connectivity index (χ4n) is 6.72. The van der Waals surface area contributed by atoms with Crippen LogP contribution in [0.25, 0.3) is 35.4 Å². The van der Waals surface area contributed by atoms with E-state index in [2.05, 4.69) is 155 Å². The number of hydrogen-bond acceptors (Lipinski definition) is 2. The molecule has 44 heavy (non-hydrogen) atoms. The van der Waals surface area contributed by atoms with Gasteiger partial charge in [0.15, 0.2) is 0 Å². The number of unbranched alkanes of at least 4 members (excludes halogenated alkanes) is 2. The molecule has 0 heterocycles. The van der Waals surface area contributed by atoms with Crippen LogP contribution in [-0.2, 0) is 20.7 Å². The molecule has 0 aliphatic heterocycles. The number of hydrogen-bond donors (Lipinski definition) is 0. The van der Waals surface area contributed by atoms with Crippen molar-refractivity contribution in [3.8, 4) is 11.1 Å². The van der Waals surface area contributed by atoms with Gasteiger partial charge in [-0.1, -0.05) is 144 Å². The molecule has 0 saturated heterocycles. The average Bonchev–Trinajstić information content (AvgIpc) is 3.06. The Bertz CT molecular complexity index is 1500. The second kappa shape index (κ2) is 14.6. The Kier molecular flexibility index (Phi) is 10.8. The lowest BCUT2D eigenvalue weighted by molar-refractivity contribution is -0.209. The number of ether oxygens (including phenoxy) is 2. The third kappa shape index (κ3) is 6.46. The van der Waals surface area contributed by atoms with Gasteiger partial charge in [0, 0.05) is 23.2 Å². The van der Waals surface area contributed by atoms with E-state index in [9.17, 15) is 0 Å². The van der Waals surface area contributed by atoms with Gasteiger partial charge in [-0.15, -0.1) is 0 Å². The topological polar surface area (TPSA) is 18.5 Å². The summed E-state index contributed by atoms with van der Waals surface area (Å²) < 4.78 is 15.8. The third-order valence-electron chi connectivity index (χ3n) is 9.04. The van der Waals surface area contributed by atoms with Crippen LogP contribution in [0.2, 0.25) is 0 Å². The first-order valence-electron chi connectivity index (χ1n) is 15.7. The van der Waals surface area contributed by atoms with Crippen molar-refractivity contribution in [2.24, 2.45) is 0 Å². The Morgan fingerprint density at radius 1 is 0.523 bits per heavy atom. The Morgan fingerprint density at radius 2 is 0.864 bits per heavy atom. The van der Waals surface area contributed by atoms with Crippen LogP contribution in [0.3, 0.4) is 0 Å². The van der Waals surface area contributed by atoms with Crippen LogP contribution >= 0.6 is 31.9 Å². The number of rotatable bonds is 12.